The molecule has 4 heteroatoms. The summed E-state index contributed by atoms with van der Waals surface area (Å²) in [4.78, 5) is 13.4. The summed E-state index contributed by atoms with van der Waals surface area (Å²) >= 11 is 5.58. The molecule has 86 valence electrons. The van der Waals surface area contributed by atoms with E-state index in [4.69, 9.17) is 11.6 Å². The average Bonchev–Trinajstić information content (AvgIpc) is 3.09. The van der Waals surface area contributed by atoms with E-state index in [1.165, 1.54) is 0 Å². The van der Waals surface area contributed by atoms with Gasteiger partial charge in [0.1, 0.15) is 11.6 Å². The van der Waals surface area contributed by atoms with Gasteiger partial charge in [-0.2, -0.15) is 0 Å². The summed E-state index contributed by atoms with van der Waals surface area (Å²) in [6.45, 7) is 0.532. The first kappa shape index (κ1) is 11.3. The molecule has 1 fully saturated rings. The molecule has 1 aromatic rings. The van der Waals surface area contributed by atoms with Crippen molar-refractivity contribution in [2.75, 3.05) is 5.88 Å². The minimum atomic E-state index is -0.0347. The second-order valence-electron chi connectivity index (χ2n) is 4.06. The third kappa shape index (κ3) is 2.67. The van der Waals surface area contributed by atoms with Gasteiger partial charge in [0, 0.05) is 12.6 Å². The Kier molecular flexibility index (Phi) is 3.34. The van der Waals surface area contributed by atoms with Crippen LogP contribution in [0.2, 0.25) is 0 Å². The molecule has 1 amide bonds. The Hall–Kier alpha value is -1.22. The van der Waals surface area contributed by atoms with Crippen LogP contribution in [0.15, 0.2) is 24.3 Å². The van der Waals surface area contributed by atoms with Crippen molar-refractivity contribution in [3.63, 3.8) is 0 Å². The molecule has 0 heterocycles. The Morgan fingerprint density at radius 3 is 2.81 bits per heavy atom. The smallest absolute Gasteiger partial charge is 0.238 e. The number of carbonyl (C=O) groups excluding carboxylic acids is 1. The zero-order valence-corrected chi connectivity index (χ0v) is 9.65. The van der Waals surface area contributed by atoms with Crippen molar-refractivity contribution in [1.82, 2.24) is 4.90 Å². The van der Waals surface area contributed by atoms with Gasteiger partial charge in [-0.1, -0.05) is 12.1 Å². The summed E-state index contributed by atoms with van der Waals surface area (Å²) in [7, 11) is 0. The van der Waals surface area contributed by atoms with E-state index in [1.807, 2.05) is 6.07 Å². The lowest BCUT2D eigenvalue weighted by Crippen LogP contribution is -2.33. The van der Waals surface area contributed by atoms with Crippen LogP contribution in [0.4, 0.5) is 0 Å². The Morgan fingerprint density at radius 2 is 2.25 bits per heavy atom. The summed E-state index contributed by atoms with van der Waals surface area (Å²) in [5.74, 6) is 0.217. The van der Waals surface area contributed by atoms with Crippen molar-refractivity contribution >= 4 is 17.5 Å². The molecule has 3 nitrogen and oxygen atoms in total. The molecule has 1 aliphatic carbocycles. The molecule has 0 atom stereocenters. The summed E-state index contributed by atoms with van der Waals surface area (Å²) in [5.41, 5.74) is 0.936. The van der Waals surface area contributed by atoms with Crippen molar-refractivity contribution in [2.45, 2.75) is 25.4 Å². The lowest BCUT2D eigenvalue weighted by Gasteiger charge is -2.21. The van der Waals surface area contributed by atoms with E-state index in [0.29, 0.717) is 12.6 Å². The normalized spacial score (nSPS) is 14.8. The van der Waals surface area contributed by atoms with Crippen LogP contribution in [0.1, 0.15) is 18.4 Å². The maximum absolute atomic E-state index is 11.6. The quantitative estimate of drug-likeness (QED) is 0.818. The fraction of sp³-hybridized carbons (Fsp3) is 0.417. The molecule has 0 spiro atoms. The average molecular weight is 240 g/mol. The highest BCUT2D eigenvalue weighted by molar-refractivity contribution is 6.27. The highest BCUT2D eigenvalue weighted by Gasteiger charge is 2.31. The van der Waals surface area contributed by atoms with Gasteiger partial charge in [-0.3, -0.25) is 4.79 Å². The molecule has 1 N–H and O–H groups in total. The SMILES string of the molecule is O=C(CCl)N(Cc1cccc(O)c1)C1CC1. The van der Waals surface area contributed by atoms with Crippen LogP contribution in [0.25, 0.3) is 0 Å². The molecule has 0 radical (unpaired) electrons. The minimum Gasteiger partial charge on any atom is -0.508 e. The maximum Gasteiger partial charge on any atom is 0.238 e. The Labute approximate surface area is 99.6 Å². The number of rotatable bonds is 4. The Balaban J connectivity index is 2.08. The van der Waals surface area contributed by atoms with Crippen molar-refractivity contribution < 1.29 is 9.90 Å². The molecule has 1 saturated carbocycles. The van der Waals surface area contributed by atoms with Gasteiger partial charge < -0.3 is 10.0 Å². The van der Waals surface area contributed by atoms with Gasteiger partial charge in [0.25, 0.3) is 0 Å². The van der Waals surface area contributed by atoms with Crippen LogP contribution in [-0.2, 0) is 11.3 Å². The number of hydrogen-bond acceptors (Lipinski definition) is 2. The number of phenols is 1. The van der Waals surface area contributed by atoms with Crippen LogP contribution >= 0.6 is 11.6 Å². The van der Waals surface area contributed by atoms with E-state index < -0.39 is 0 Å². The number of alkyl halides is 1. The largest absolute Gasteiger partial charge is 0.508 e. The molecule has 16 heavy (non-hydrogen) atoms. The number of benzene rings is 1. The zero-order chi connectivity index (χ0) is 11.5. The molecule has 0 aliphatic heterocycles. The minimum absolute atomic E-state index is 0.0231. The first-order valence-electron chi connectivity index (χ1n) is 5.34. The van der Waals surface area contributed by atoms with Gasteiger partial charge in [0.05, 0.1) is 0 Å². The predicted octanol–water partition coefficient (Wildman–Crippen LogP) is 2.12. The molecular formula is C12H14ClNO2. The third-order valence-corrected chi connectivity index (χ3v) is 2.91. The van der Waals surface area contributed by atoms with Crippen molar-refractivity contribution in [3.8, 4) is 5.75 Å². The second kappa shape index (κ2) is 4.74. The first-order valence-corrected chi connectivity index (χ1v) is 5.87. The molecule has 0 bridgehead atoms. The van der Waals surface area contributed by atoms with Crippen LogP contribution in [0.5, 0.6) is 5.75 Å². The summed E-state index contributed by atoms with van der Waals surface area (Å²) in [5, 5.41) is 9.35. The fourth-order valence-corrected chi connectivity index (χ4v) is 1.89. The molecule has 0 unspecified atom stereocenters. The lowest BCUT2D eigenvalue weighted by atomic mass is 10.2. The summed E-state index contributed by atoms with van der Waals surface area (Å²) in [6.07, 6.45) is 2.11. The van der Waals surface area contributed by atoms with Gasteiger partial charge in [-0.25, -0.2) is 0 Å². The van der Waals surface area contributed by atoms with E-state index >= 15 is 0 Å². The Morgan fingerprint density at radius 1 is 1.50 bits per heavy atom. The fourth-order valence-electron chi connectivity index (χ4n) is 1.74. The van der Waals surface area contributed by atoms with E-state index in [-0.39, 0.29) is 17.5 Å². The standard InChI is InChI=1S/C12H14ClNO2/c13-7-12(16)14(10-4-5-10)8-9-2-1-3-11(15)6-9/h1-3,6,10,15H,4-5,7-8H2. The van der Waals surface area contributed by atoms with Crippen LogP contribution in [0.3, 0.4) is 0 Å². The number of phenolic OH excluding ortho intramolecular Hbond substituents is 1. The highest BCUT2D eigenvalue weighted by Crippen LogP contribution is 2.29. The van der Waals surface area contributed by atoms with E-state index in [0.717, 1.165) is 18.4 Å². The van der Waals surface area contributed by atoms with Crippen LogP contribution in [-0.4, -0.2) is 27.8 Å². The van der Waals surface area contributed by atoms with Crippen LogP contribution in [0, 0.1) is 0 Å². The molecular weight excluding hydrogens is 226 g/mol. The number of halogens is 1. The number of nitrogens with zero attached hydrogens (tertiary/aromatic N) is 1. The van der Waals surface area contributed by atoms with Gasteiger partial charge >= 0.3 is 0 Å². The van der Waals surface area contributed by atoms with Gasteiger partial charge in [-0.05, 0) is 30.5 Å². The molecule has 1 aliphatic rings. The van der Waals surface area contributed by atoms with Crippen molar-refractivity contribution in [3.05, 3.63) is 29.8 Å². The van der Waals surface area contributed by atoms with Gasteiger partial charge in [0.2, 0.25) is 5.91 Å². The number of amides is 1. The number of aromatic hydroxyl groups is 1. The Bertz CT molecular complexity index is 390. The van der Waals surface area contributed by atoms with Crippen LogP contribution < -0.4 is 0 Å². The van der Waals surface area contributed by atoms with Gasteiger partial charge in [-0.15, -0.1) is 11.6 Å². The van der Waals surface area contributed by atoms with E-state index in [1.54, 1.807) is 23.1 Å². The first-order chi connectivity index (χ1) is 7.70. The van der Waals surface area contributed by atoms with E-state index in [9.17, 15) is 9.90 Å². The topological polar surface area (TPSA) is 40.5 Å². The monoisotopic (exact) mass is 239 g/mol. The summed E-state index contributed by atoms with van der Waals surface area (Å²) < 4.78 is 0. The highest BCUT2D eigenvalue weighted by atomic mass is 35.5. The number of hydrogen-bond donors (Lipinski definition) is 1. The number of carbonyl (C=O) groups is 1. The molecule has 1 aromatic carbocycles. The van der Waals surface area contributed by atoms with Crippen molar-refractivity contribution in [2.24, 2.45) is 0 Å². The predicted molar refractivity (Wildman–Crippen MR) is 62.4 cm³/mol. The zero-order valence-electron chi connectivity index (χ0n) is 8.90. The molecule has 2 rings (SSSR count). The third-order valence-electron chi connectivity index (χ3n) is 2.69. The maximum atomic E-state index is 11.6. The van der Waals surface area contributed by atoms with Gasteiger partial charge in [0.15, 0.2) is 0 Å². The molecule has 0 saturated heterocycles. The second-order valence-corrected chi connectivity index (χ2v) is 4.32. The van der Waals surface area contributed by atoms with E-state index in [2.05, 4.69) is 0 Å². The molecule has 0 aromatic heterocycles. The summed E-state index contributed by atoms with van der Waals surface area (Å²) in [6, 6.07) is 7.32. The van der Waals surface area contributed by atoms with Crippen molar-refractivity contribution in [1.29, 1.82) is 0 Å². The lowest BCUT2D eigenvalue weighted by molar-refractivity contribution is -0.129.